The van der Waals surface area contributed by atoms with Gasteiger partial charge in [-0.05, 0) is 30.5 Å². The molecule has 0 radical (unpaired) electrons. The molecule has 0 unspecified atom stereocenters. The Morgan fingerprint density at radius 3 is 2.86 bits per heavy atom. The molecule has 2 aromatic rings. The highest BCUT2D eigenvalue weighted by atomic mass is 35.5. The maximum Gasteiger partial charge on any atom is 0.246 e. The summed E-state index contributed by atoms with van der Waals surface area (Å²) in [5.41, 5.74) is 0.890. The van der Waals surface area contributed by atoms with Crippen LogP contribution in [0.1, 0.15) is 36.0 Å². The zero-order valence-corrected chi connectivity index (χ0v) is 12.9. The molecule has 1 fully saturated rings. The molecule has 4 nitrogen and oxygen atoms in total. The van der Waals surface area contributed by atoms with Gasteiger partial charge in [0.05, 0.1) is 12.7 Å². The van der Waals surface area contributed by atoms with E-state index in [0.29, 0.717) is 29.8 Å². The lowest BCUT2D eigenvalue weighted by atomic mass is 10.2. The van der Waals surface area contributed by atoms with Crippen LogP contribution in [-0.4, -0.2) is 15.8 Å². The van der Waals surface area contributed by atoms with Crippen molar-refractivity contribution >= 4 is 17.5 Å². The Kier molecular flexibility index (Phi) is 4.29. The highest BCUT2D eigenvalue weighted by molar-refractivity contribution is 6.31. The zero-order valence-electron chi connectivity index (χ0n) is 12.2. The fraction of sp³-hybridized carbons (Fsp3) is 0.294. The van der Waals surface area contributed by atoms with Crippen LogP contribution in [0.5, 0.6) is 0 Å². The Labute approximate surface area is 134 Å². The van der Waals surface area contributed by atoms with Gasteiger partial charge < -0.3 is 9.32 Å². The molecular weight excluding hydrogens is 300 g/mol. The van der Waals surface area contributed by atoms with Gasteiger partial charge in [-0.2, -0.15) is 0 Å². The minimum absolute atomic E-state index is 0.163. The van der Waals surface area contributed by atoms with Crippen molar-refractivity contribution in [1.29, 1.82) is 0 Å². The molecule has 5 heteroatoms. The van der Waals surface area contributed by atoms with Crippen molar-refractivity contribution in [2.24, 2.45) is 0 Å². The summed E-state index contributed by atoms with van der Waals surface area (Å²) in [5, 5.41) is 0.639. The summed E-state index contributed by atoms with van der Waals surface area (Å²) in [4.78, 5) is 18.0. The van der Waals surface area contributed by atoms with Gasteiger partial charge in [0.15, 0.2) is 5.89 Å². The van der Waals surface area contributed by atoms with Crippen LogP contribution in [0.3, 0.4) is 0 Å². The largest absolute Gasteiger partial charge is 0.444 e. The Hall–Kier alpha value is -2.07. The predicted molar refractivity (Wildman–Crippen MR) is 84.4 cm³/mol. The molecule has 0 aliphatic heterocycles. The molecule has 1 aromatic heterocycles. The van der Waals surface area contributed by atoms with E-state index in [0.717, 1.165) is 24.3 Å². The van der Waals surface area contributed by atoms with E-state index >= 15 is 0 Å². The number of aromatic nitrogens is 1. The normalized spacial score (nSPS) is 13.9. The van der Waals surface area contributed by atoms with Crippen molar-refractivity contribution in [3.8, 4) is 0 Å². The fourth-order valence-electron chi connectivity index (χ4n) is 2.28. The van der Waals surface area contributed by atoms with E-state index in [1.54, 1.807) is 11.1 Å². The highest BCUT2D eigenvalue weighted by Gasteiger charge is 2.28. The predicted octanol–water partition coefficient (Wildman–Crippen LogP) is 3.92. The lowest BCUT2D eigenvalue weighted by Crippen LogP contribution is -2.28. The standard InChI is InChI=1S/C17H17ClN2O2/c1-2-16(21)20(10-13-5-3-4-6-15(13)18)11-14-9-19-17(22-14)12-7-8-12/h2-6,9,12H,1,7-8,10-11H2. The van der Waals surface area contributed by atoms with E-state index in [4.69, 9.17) is 16.0 Å². The van der Waals surface area contributed by atoms with Gasteiger partial charge >= 0.3 is 0 Å². The lowest BCUT2D eigenvalue weighted by Gasteiger charge is -2.20. The molecule has 1 saturated carbocycles. The first-order valence-corrected chi connectivity index (χ1v) is 7.64. The van der Waals surface area contributed by atoms with Crippen LogP contribution in [0.15, 0.2) is 47.5 Å². The van der Waals surface area contributed by atoms with Crippen LogP contribution in [-0.2, 0) is 17.9 Å². The Balaban J connectivity index is 1.75. The quantitative estimate of drug-likeness (QED) is 0.759. The SMILES string of the molecule is C=CC(=O)N(Cc1cnc(C2CC2)o1)Cc1ccccc1Cl. The monoisotopic (exact) mass is 316 g/mol. The summed E-state index contributed by atoms with van der Waals surface area (Å²) in [7, 11) is 0. The van der Waals surface area contributed by atoms with Gasteiger partial charge in [0.2, 0.25) is 5.91 Å². The molecule has 1 aliphatic rings. The van der Waals surface area contributed by atoms with Gasteiger partial charge in [0.25, 0.3) is 0 Å². The average Bonchev–Trinajstić information content (AvgIpc) is 3.28. The highest BCUT2D eigenvalue weighted by Crippen LogP contribution is 2.39. The van der Waals surface area contributed by atoms with E-state index in [1.807, 2.05) is 24.3 Å². The first kappa shape index (κ1) is 14.9. The van der Waals surface area contributed by atoms with Gasteiger partial charge in [-0.15, -0.1) is 0 Å². The summed E-state index contributed by atoms with van der Waals surface area (Å²) in [6, 6.07) is 7.48. The minimum atomic E-state index is -0.163. The van der Waals surface area contributed by atoms with Crippen molar-refractivity contribution < 1.29 is 9.21 Å². The summed E-state index contributed by atoms with van der Waals surface area (Å²) in [6.07, 6.45) is 5.27. The number of rotatable bonds is 6. The van der Waals surface area contributed by atoms with Crippen LogP contribution < -0.4 is 0 Å². The number of benzene rings is 1. The summed E-state index contributed by atoms with van der Waals surface area (Å²) >= 11 is 6.17. The van der Waals surface area contributed by atoms with E-state index in [-0.39, 0.29) is 5.91 Å². The lowest BCUT2D eigenvalue weighted by molar-refractivity contribution is -0.127. The smallest absolute Gasteiger partial charge is 0.246 e. The van der Waals surface area contributed by atoms with Crippen LogP contribution >= 0.6 is 11.6 Å². The number of nitrogens with zero attached hydrogens (tertiary/aromatic N) is 2. The third-order valence-electron chi connectivity index (χ3n) is 3.65. The van der Waals surface area contributed by atoms with Crippen molar-refractivity contribution in [2.45, 2.75) is 31.8 Å². The molecule has 0 spiro atoms. The molecule has 1 amide bonds. The molecule has 1 aromatic carbocycles. The third kappa shape index (κ3) is 3.39. The van der Waals surface area contributed by atoms with Gasteiger partial charge in [-0.25, -0.2) is 4.98 Å². The molecule has 0 atom stereocenters. The average molecular weight is 317 g/mol. The van der Waals surface area contributed by atoms with Gasteiger partial charge in [-0.3, -0.25) is 4.79 Å². The molecule has 0 saturated heterocycles. The Morgan fingerprint density at radius 2 is 2.18 bits per heavy atom. The number of carbonyl (C=O) groups is 1. The number of carbonyl (C=O) groups excluding carboxylic acids is 1. The second kappa shape index (κ2) is 6.36. The van der Waals surface area contributed by atoms with Gasteiger partial charge in [-0.1, -0.05) is 36.4 Å². The molecule has 0 N–H and O–H groups in total. The number of halogens is 1. The molecular formula is C17H17ClN2O2. The minimum Gasteiger partial charge on any atom is -0.444 e. The van der Waals surface area contributed by atoms with Crippen LogP contribution in [0.25, 0.3) is 0 Å². The topological polar surface area (TPSA) is 46.3 Å². The molecule has 0 bridgehead atoms. The van der Waals surface area contributed by atoms with Gasteiger partial charge in [0.1, 0.15) is 5.76 Å². The van der Waals surface area contributed by atoms with Crippen LogP contribution in [0, 0.1) is 0 Å². The number of hydrogen-bond donors (Lipinski definition) is 0. The van der Waals surface area contributed by atoms with E-state index in [2.05, 4.69) is 11.6 Å². The van der Waals surface area contributed by atoms with Crippen molar-refractivity contribution in [1.82, 2.24) is 9.88 Å². The molecule has 114 valence electrons. The molecule has 3 rings (SSSR count). The maximum atomic E-state index is 12.1. The molecule has 22 heavy (non-hydrogen) atoms. The van der Waals surface area contributed by atoms with Crippen molar-refractivity contribution in [3.63, 3.8) is 0 Å². The van der Waals surface area contributed by atoms with E-state index in [9.17, 15) is 4.79 Å². The fourth-order valence-corrected chi connectivity index (χ4v) is 2.47. The molecule has 1 heterocycles. The van der Waals surface area contributed by atoms with Crippen molar-refractivity contribution in [3.05, 3.63) is 65.4 Å². The maximum absolute atomic E-state index is 12.1. The number of hydrogen-bond acceptors (Lipinski definition) is 3. The molecule has 1 aliphatic carbocycles. The van der Waals surface area contributed by atoms with Crippen LogP contribution in [0.4, 0.5) is 0 Å². The third-order valence-corrected chi connectivity index (χ3v) is 4.02. The summed E-state index contributed by atoms with van der Waals surface area (Å²) < 4.78 is 5.73. The van der Waals surface area contributed by atoms with E-state index in [1.165, 1.54) is 6.08 Å². The number of oxazole rings is 1. The van der Waals surface area contributed by atoms with Gasteiger partial charge in [0, 0.05) is 17.5 Å². The van der Waals surface area contributed by atoms with Crippen molar-refractivity contribution in [2.75, 3.05) is 0 Å². The summed E-state index contributed by atoms with van der Waals surface area (Å²) in [5.74, 6) is 1.76. The Morgan fingerprint density at radius 1 is 1.41 bits per heavy atom. The Bertz CT molecular complexity index is 691. The number of amides is 1. The first-order valence-electron chi connectivity index (χ1n) is 7.26. The van der Waals surface area contributed by atoms with E-state index < -0.39 is 0 Å². The zero-order chi connectivity index (χ0) is 15.5. The van der Waals surface area contributed by atoms with Crippen LogP contribution in [0.2, 0.25) is 5.02 Å². The second-order valence-corrected chi connectivity index (χ2v) is 5.84. The first-order chi connectivity index (χ1) is 10.7. The summed E-state index contributed by atoms with van der Waals surface area (Å²) in [6.45, 7) is 4.32. The second-order valence-electron chi connectivity index (χ2n) is 5.43.